The van der Waals surface area contributed by atoms with Gasteiger partial charge in [-0.25, -0.2) is 31.9 Å². The lowest BCUT2D eigenvalue weighted by Crippen LogP contribution is -2.21. The van der Waals surface area contributed by atoms with Crippen LogP contribution >= 0.6 is 23.4 Å². The van der Waals surface area contributed by atoms with Crippen LogP contribution in [0.2, 0.25) is 5.02 Å². The first-order chi connectivity index (χ1) is 19.2. The van der Waals surface area contributed by atoms with Crippen molar-refractivity contribution in [1.82, 2.24) is 9.97 Å². The molecule has 14 heteroatoms. The van der Waals surface area contributed by atoms with Crippen molar-refractivity contribution in [2.75, 3.05) is 30.1 Å². The van der Waals surface area contributed by atoms with Crippen molar-refractivity contribution in [3.63, 3.8) is 0 Å². The van der Waals surface area contributed by atoms with Gasteiger partial charge in [0.05, 0.1) is 39.9 Å². The van der Waals surface area contributed by atoms with Crippen molar-refractivity contribution in [3.05, 3.63) is 76.3 Å². The number of halogens is 6. The van der Waals surface area contributed by atoms with Crippen LogP contribution in [0, 0.1) is 29.1 Å². The lowest BCUT2D eigenvalue weighted by molar-refractivity contribution is 0.101. The van der Waals surface area contributed by atoms with Gasteiger partial charge in [-0.2, -0.15) is 0 Å². The second-order valence-electron chi connectivity index (χ2n) is 8.56. The highest BCUT2D eigenvalue weighted by molar-refractivity contribution is 7.98. The van der Waals surface area contributed by atoms with Crippen LogP contribution in [0.1, 0.15) is 16.8 Å². The van der Waals surface area contributed by atoms with E-state index < -0.39 is 45.5 Å². The van der Waals surface area contributed by atoms with E-state index in [-0.39, 0.29) is 35.0 Å². The number of thioether (sulfide) groups is 1. The molecule has 2 N–H and O–H groups in total. The number of nitrogens with one attached hydrogen (secondary N) is 2. The number of hydrogen-bond acceptors (Lipinski definition) is 7. The highest BCUT2D eigenvalue weighted by Crippen LogP contribution is 2.37. The number of amides is 1. The number of anilines is 3. The quantitative estimate of drug-likeness (QED) is 0.104. The van der Waals surface area contributed by atoms with E-state index in [4.69, 9.17) is 21.1 Å². The number of fused-ring (bicyclic) bond motifs is 1. The summed E-state index contributed by atoms with van der Waals surface area (Å²) in [5.74, 6) is -9.19. The van der Waals surface area contributed by atoms with Crippen LogP contribution in [0.25, 0.3) is 10.9 Å². The van der Waals surface area contributed by atoms with E-state index in [0.29, 0.717) is 41.4 Å². The fourth-order valence-electron chi connectivity index (χ4n) is 4.07. The zero-order valence-corrected chi connectivity index (χ0v) is 22.0. The molecule has 208 valence electrons. The number of carbonyl (C=O) groups excluding carboxylic acids is 1. The number of benzene rings is 3. The largest absolute Gasteiger partial charge is 0.486 e. The molecule has 1 unspecified atom stereocenters. The molecule has 0 radical (unpaired) electrons. The Morgan fingerprint density at radius 1 is 1.07 bits per heavy atom. The molecule has 0 bridgehead atoms. The highest BCUT2D eigenvalue weighted by atomic mass is 35.5. The van der Waals surface area contributed by atoms with Crippen LogP contribution in [0.4, 0.5) is 39.1 Å². The Morgan fingerprint density at radius 2 is 1.85 bits per heavy atom. The Bertz CT molecular complexity index is 1640. The Morgan fingerprint density at radius 3 is 2.55 bits per heavy atom. The molecule has 0 saturated carbocycles. The summed E-state index contributed by atoms with van der Waals surface area (Å²) >= 11 is 6.42. The predicted octanol–water partition coefficient (Wildman–Crippen LogP) is 6.86. The van der Waals surface area contributed by atoms with Crippen molar-refractivity contribution in [1.29, 1.82) is 0 Å². The summed E-state index contributed by atoms with van der Waals surface area (Å²) in [5, 5.41) is 5.62. The van der Waals surface area contributed by atoms with Gasteiger partial charge in [0.1, 0.15) is 29.8 Å². The Kier molecular flexibility index (Phi) is 7.97. The fraction of sp³-hybridized carbons (Fsp3) is 0.192. The maximum atomic E-state index is 14.7. The van der Waals surface area contributed by atoms with E-state index in [9.17, 15) is 26.7 Å². The van der Waals surface area contributed by atoms with E-state index in [0.717, 1.165) is 6.07 Å². The lowest BCUT2D eigenvalue weighted by atomic mass is 10.1. The van der Waals surface area contributed by atoms with Gasteiger partial charge < -0.3 is 20.1 Å². The van der Waals surface area contributed by atoms with Crippen LogP contribution < -0.4 is 15.4 Å². The maximum absolute atomic E-state index is 14.7. The second kappa shape index (κ2) is 11.4. The molecule has 0 spiro atoms. The van der Waals surface area contributed by atoms with Crippen molar-refractivity contribution in [2.24, 2.45) is 0 Å². The van der Waals surface area contributed by atoms with Gasteiger partial charge in [-0.15, -0.1) is 11.8 Å². The van der Waals surface area contributed by atoms with Gasteiger partial charge in [-0.1, -0.05) is 11.6 Å². The Balaban J connectivity index is 1.59. The first kappa shape index (κ1) is 27.9. The summed E-state index contributed by atoms with van der Waals surface area (Å²) < 4.78 is 82.0. The minimum atomic E-state index is -2.11. The summed E-state index contributed by atoms with van der Waals surface area (Å²) in [4.78, 5) is 20.9. The third-order valence-electron chi connectivity index (χ3n) is 6.00. The van der Waals surface area contributed by atoms with Crippen LogP contribution in [-0.4, -0.2) is 41.4 Å². The van der Waals surface area contributed by atoms with E-state index in [1.165, 1.54) is 36.8 Å². The van der Waals surface area contributed by atoms with Crippen LogP contribution in [0.3, 0.4) is 0 Å². The normalized spacial score (nSPS) is 14.9. The van der Waals surface area contributed by atoms with Gasteiger partial charge in [0.15, 0.2) is 23.3 Å². The summed E-state index contributed by atoms with van der Waals surface area (Å²) in [6.45, 7) is 0.722. The molecule has 1 aromatic heterocycles. The fourth-order valence-corrected chi connectivity index (χ4v) is 4.90. The molecule has 5 rings (SSSR count). The molecule has 40 heavy (non-hydrogen) atoms. The standard InChI is InChI=1S/C26H18ClF5N4O3S/c1-40-24-19(20(29)21(30)22(31)23(24)32)26(37)36-17-7-13-16(8-18(17)39-12-4-5-38-9-12)33-10-34-25(13)35-11-2-3-15(28)14(27)6-11/h2-3,6-8,10,12H,4-5,9H2,1H3,(H,36,37)(H,33,34,35). The van der Waals surface area contributed by atoms with Gasteiger partial charge in [-0.05, 0) is 30.5 Å². The predicted molar refractivity (Wildman–Crippen MR) is 140 cm³/mol. The van der Waals surface area contributed by atoms with Crippen LogP contribution in [-0.2, 0) is 4.74 Å². The Hall–Kier alpha value is -3.68. The van der Waals surface area contributed by atoms with Crippen LogP contribution in [0.5, 0.6) is 5.75 Å². The third-order valence-corrected chi connectivity index (χ3v) is 7.09. The summed E-state index contributed by atoms with van der Waals surface area (Å²) in [5.41, 5.74) is -0.268. The lowest BCUT2D eigenvalue weighted by Gasteiger charge is -2.19. The third kappa shape index (κ3) is 5.36. The SMILES string of the molecule is CSc1c(F)c(F)c(F)c(F)c1C(=O)Nc1cc2c(Nc3ccc(F)c(Cl)c3)ncnc2cc1OC1CCOC1. The minimum absolute atomic E-state index is 0.0176. The average molecular weight is 597 g/mol. The van der Waals surface area contributed by atoms with E-state index >= 15 is 0 Å². The average Bonchev–Trinajstić information content (AvgIpc) is 3.45. The zero-order valence-electron chi connectivity index (χ0n) is 20.5. The van der Waals surface area contributed by atoms with Crippen molar-refractivity contribution in [3.8, 4) is 5.75 Å². The first-order valence-electron chi connectivity index (χ1n) is 11.6. The topological polar surface area (TPSA) is 85.4 Å². The maximum Gasteiger partial charge on any atom is 0.260 e. The molecule has 4 aromatic rings. The van der Waals surface area contributed by atoms with Crippen molar-refractivity contribution in [2.45, 2.75) is 17.4 Å². The van der Waals surface area contributed by atoms with E-state index in [1.807, 2.05) is 0 Å². The summed E-state index contributed by atoms with van der Waals surface area (Å²) in [7, 11) is 0. The molecule has 0 aliphatic carbocycles. The number of aromatic nitrogens is 2. The smallest absolute Gasteiger partial charge is 0.260 e. The summed E-state index contributed by atoms with van der Waals surface area (Å²) in [6, 6.07) is 6.84. The Labute approximate surface area is 233 Å². The number of hydrogen-bond donors (Lipinski definition) is 2. The molecule has 1 aliphatic heterocycles. The summed E-state index contributed by atoms with van der Waals surface area (Å²) in [6.07, 6.45) is 2.72. The van der Waals surface area contributed by atoms with Gasteiger partial charge in [0.25, 0.3) is 5.91 Å². The number of rotatable bonds is 7. The monoisotopic (exact) mass is 596 g/mol. The van der Waals surface area contributed by atoms with Crippen molar-refractivity contribution < 1.29 is 36.2 Å². The minimum Gasteiger partial charge on any atom is -0.486 e. The van der Waals surface area contributed by atoms with Crippen LogP contribution in [0.15, 0.2) is 41.6 Å². The van der Waals surface area contributed by atoms with Gasteiger partial charge in [0.2, 0.25) is 0 Å². The van der Waals surface area contributed by atoms with E-state index in [1.54, 1.807) is 0 Å². The number of carbonyl (C=O) groups is 1. The number of ether oxygens (including phenoxy) is 2. The second-order valence-corrected chi connectivity index (χ2v) is 9.79. The first-order valence-corrected chi connectivity index (χ1v) is 13.2. The van der Waals surface area contributed by atoms with Crippen molar-refractivity contribution >= 4 is 57.4 Å². The molecule has 2 heterocycles. The molecular weight excluding hydrogens is 579 g/mol. The van der Waals surface area contributed by atoms with Gasteiger partial charge >= 0.3 is 0 Å². The molecule has 1 amide bonds. The molecular formula is C26H18ClF5N4O3S. The molecule has 7 nitrogen and oxygen atoms in total. The van der Waals surface area contributed by atoms with Gasteiger partial charge in [-0.3, -0.25) is 4.79 Å². The van der Waals surface area contributed by atoms with E-state index in [2.05, 4.69) is 20.6 Å². The zero-order chi connectivity index (χ0) is 28.6. The number of nitrogens with zero attached hydrogens (tertiary/aromatic N) is 2. The van der Waals surface area contributed by atoms with Gasteiger partial charge in [0, 0.05) is 23.6 Å². The molecule has 1 fully saturated rings. The molecule has 3 aromatic carbocycles. The molecule has 1 aliphatic rings. The molecule has 1 saturated heterocycles. The highest BCUT2D eigenvalue weighted by Gasteiger charge is 2.30. The molecule has 1 atom stereocenters.